The summed E-state index contributed by atoms with van der Waals surface area (Å²) in [7, 11) is 0. The summed E-state index contributed by atoms with van der Waals surface area (Å²) in [6.45, 7) is 2.89. The molecule has 21 heavy (non-hydrogen) atoms. The van der Waals surface area contributed by atoms with Gasteiger partial charge in [-0.2, -0.15) is 0 Å². The van der Waals surface area contributed by atoms with Crippen molar-refractivity contribution >= 4 is 11.8 Å². The lowest BCUT2D eigenvalue weighted by Gasteiger charge is -2.09. The van der Waals surface area contributed by atoms with Crippen LogP contribution in [0.5, 0.6) is 0 Å². The van der Waals surface area contributed by atoms with Crippen molar-refractivity contribution in [3.05, 3.63) is 59.2 Å². The van der Waals surface area contributed by atoms with Gasteiger partial charge in [0.1, 0.15) is 23.3 Å². The molecule has 0 aliphatic heterocycles. The van der Waals surface area contributed by atoms with Crippen LogP contribution in [-0.4, -0.2) is 6.54 Å². The van der Waals surface area contributed by atoms with E-state index in [2.05, 4.69) is 5.32 Å². The second-order valence-electron chi connectivity index (χ2n) is 4.35. The quantitative estimate of drug-likeness (QED) is 0.815. The van der Waals surface area contributed by atoms with E-state index >= 15 is 0 Å². The van der Waals surface area contributed by atoms with Gasteiger partial charge in [-0.05, 0) is 42.4 Å². The van der Waals surface area contributed by atoms with Gasteiger partial charge < -0.3 is 5.32 Å². The van der Waals surface area contributed by atoms with E-state index in [0.29, 0.717) is 30.4 Å². The van der Waals surface area contributed by atoms with Crippen molar-refractivity contribution in [1.29, 1.82) is 0 Å². The first-order valence-corrected chi connectivity index (χ1v) is 7.14. The van der Waals surface area contributed by atoms with Crippen LogP contribution < -0.4 is 5.32 Å². The zero-order valence-electron chi connectivity index (χ0n) is 11.2. The Kier molecular flexibility index (Phi) is 5.25. The SMILES string of the molecule is CCNCc1cc(F)c(Sc2cc(F)ccc2F)c(F)c1. The monoisotopic (exact) mass is 315 g/mol. The van der Waals surface area contributed by atoms with Crippen molar-refractivity contribution in [1.82, 2.24) is 5.32 Å². The van der Waals surface area contributed by atoms with E-state index in [4.69, 9.17) is 0 Å². The summed E-state index contributed by atoms with van der Waals surface area (Å²) in [5.74, 6) is -2.98. The van der Waals surface area contributed by atoms with Gasteiger partial charge in [-0.3, -0.25) is 0 Å². The van der Waals surface area contributed by atoms with Crippen LogP contribution >= 0.6 is 11.8 Å². The van der Waals surface area contributed by atoms with Crippen LogP contribution in [0.15, 0.2) is 40.1 Å². The standard InChI is InChI=1S/C15H13F4NS/c1-2-20-8-9-5-12(18)15(13(19)6-9)21-14-7-10(16)3-4-11(14)17/h3-7,20H,2,8H2,1H3. The Morgan fingerprint density at radius 1 is 0.952 bits per heavy atom. The van der Waals surface area contributed by atoms with E-state index < -0.39 is 23.3 Å². The van der Waals surface area contributed by atoms with Crippen LogP contribution in [0.4, 0.5) is 17.6 Å². The molecule has 0 heterocycles. The van der Waals surface area contributed by atoms with Crippen LogP contribution in [0.3, 0.4) is 0 Å². The minimum absolute atomic E-state index is 0.160. The number of benzene rings is 2. The summed E-state index contributed by atoms with van der Waals surface area (Å²) >= 11 is 0.529. The summed E-state index contributed by atoms with van der Waals surface area (Å²) in [5.41, 5.74) is 0.455. The predicted molar refractivity (Wildman–Crippen MR) is 74.2 cm³/mol. The van der Waals surface area contributed by atoms with Gasteiger partial charge >= 0.3 is 0 Å². The first kappa shape index (κ1) is 15.9. The highest BCUT2D eigenvalue weighted by molar-refractivity contribution is 7.99. The van der Waals surface area contributed by atoms with Crippen molar-refractivity contribution in [3.63, 3.8) is 0 Å². The maximum absolute atomic E-state index is 14.0. The van der Waals surface area contributed by atoms with E-state index in [0.717, 1.165) is 18.2 Å². The molecule has 6 heteroatoms. The van der Waals surface area contributed by atoms with Gasteiger partial charge in [0.05, 0.1) is 9.79 Å². The number of nitrogens with one attached hydrogen (secondary N) is 1. The van der Waals surface area contributed by atoms with Gasteiger partial charge in [-0.25, -0.2) is 17.6 Å². The summed E-state index contributed by atoms with van der Waals surface area (Å²) < 4.78 is 54.5. The highest BCUT2D eigenvalue weighted by atomic mass is 32.2. The van der Waals surface area contributed by atoms with Crippen molar-refractivity contribution in [2.75, 3.05) is 6.54 Å². The Balaban J connectivity index is 2.30. The molecule has 0 saturated carbocycles. The second kappa shape index (κ2) is 6.95. The molecule has 1 N–H and O–H groups in total. The smallest absolute Gasteiger partial charge is 0.140 e. The Morgan fingerprint density at radius 2 is 1.62 bits per heavy atom. The summed E-state index contributed by atoms with van der Waals surface area (Å²) in [6, 6.07) is 5.15. The predicted octanol–water partition coefficient (Wildman–Crippen LogP) is 4.50. The van der Waals surface area contributed by atoms with Crippen LogP contribution in [0.25, 0.3) is 0 Å². The van der Waals surface area contributed by atoms with Crippen LogP contribution in [0, 0.1) is 23.3 Å². The van der Waals surface area contributed by atoms with Gasteiger partial charge in [0.2, 0.25) is 0 Å². The van der Waals surface area contributed by atoms with E-state index in [-0.39, 0.29) is 9.79 Å². The third-order valence-corrected chi connectivity index (χ3v) is 3.87. The van der Waals surface area contributed by atoms with E-state index in [1.54, 1.807) is 0 Å². The summed E-state index contributed by atoms with van der Waals surface area (Å²) in [6.07, 6.45) is 0. The van der Waals surface area contributed by atoms with Crippen LogP contribution in [-0.2, 0) is 6.54 Å². The van der Waals surface area contributed by atoms with Crippen molar-refractivity contribution in [2.24, 2.45) is 0 Å². The fraction of sp³-hybridized carbons (Fsp3) is 0.200. The lowest BCUT2D eigenvalue weighted by atomic mass is 10.2. The number of hydrogen-bond donors (Lipinski definition) is 1. The van der Waals surface area contributed by atoms with Gasteiger partial charge in [0.15, 0.2) is 0 Å². The molecular formula is C15H13F4NS. The van der Waals surface area contributed by atoms with Gasteiger partial charge in [-0.15, -0.1) is 0 Å². The first-order valence-electron chi connectivity index (χ1n) is 6.32. The zero-order valence-corrected chi connectivity index (χ0v) is 12.0. The maximum atomic E-state index is 14.0. The fourth-order valence-electron chi connectivity index (χ4n) is 1.75. The molecule has 0 spiro atoms. The maximum Gasteiger partial charge on any atom is 0.140 e. The average Bonchev–Trinajstić information content (AvgIpc) is 2.44. The lowest BCUT2D eigenvalue weighted by molar-refractivity contribution is 0.533. The third kappa shape index (κ3) is 3.98. The Morgan fingerprint density at radius 3 is 2.24 bits per heavy atom. The summed E-state index contributed by atoms with van der Waals surface area (Å²) in [4.78, 5) is -0.507. The Labute approximate surface area is 124 Å². The highest BCUT2D eigenvalue weighted by Crippen LogP contribution is 2.34. The molecule has 0 aromatic heterocycles. The lowest BCUT2D eigenvalue weighted by Crippen LogP contribution is -2.12. The Bertz CT molecular complexity index is 623. The largest absolute Gasteiger partial charge is 0.313 e. The molecule has 0 saturated heterocycles. The topological polar surface area (TPSA) is 12.0 Å². The Hall–Kier alpha value is -1.53. The van der Waals surface area contributed by atoms with Gasteiger partial charge in [0, 0.05) is 6.54 Å². The minimum Gasteiger partial charge on any atom is -0.313 e. The molecular weight excluding hydrogens is 302 g/mol. The average molecular weight is 315 g/mol. The third-order valence-electron chi connectivity index (χ3n) is 2.74. The van der Waals surface area contributed by atoms with Crippen molar-refractivity contribution < 1.29 is 17.6 Å². The molecule has 0 aliphatic rings. The minimum atomic E-state index is -0.795. The number of rotatable bonds is 5. The number of hydrogen-bond acceptors (Lipinski definition) is 2. The molecule has 2 aromatic rings. The second-order valence-corrected chi connectivity index (χ2v) is 5.40. The van der Waals surface area contributed by atoms with Crippen molar-refractivity contribution in [2.45, 2.75) is 23.3 Å². The molecule has 0 fully saturated rings. The van der Waals surface area contributed by atoms with Crippen LogP contribution in [0.2, 0.25) is 0 Å². The molecule has 0 atom stereocenters. The molecule has 0 amide bonds. The molecule has 1 nitrogen and oxygen atoms in total. The molecule has 2 aromatic carbocycles. The molecule has 0 bridgehead atoms. The molecule has 0 unspecified atom stereocenters. The van der Waals surface area contributed by atoms with E-state index in [1.165, 1.54) is 12.1 Å². The molecule has 0 aliphatic carbocycles. The fourth-order valence-corrected chi connectivity index (χ4v) is 2.62. The van der Waals surface area contributed by atoms with Gasteiger partial charge in [-0.1, -0.05) is 18.7 Å². The normalized spacial score (nSPS) is 10.9. The van der Waals surface area contributed by atoms with E-state index in [9.17, 15) is 17.6 Å². The van der Waals surface area contributed by atoms with Gasteiger partial charge in [0.25, 0.3) is 0 Å². The first-order chi connectivity index (χ1) is 10.0. The molecule has 112 valence electrons. The molecule has 0 radical (unpaired) electrons. The van der Waals surface area contributed by atoms with E-state index in [1.807, 2.05) is 6.92 Å². The number of halogens is 4. The van der Waals surface area contributed by atoms with Crippen molar-refractivity contribution in [3.8, 4) is 0 Å². The summed E-state index contributed by atoms with van der Waals surface area (Å²) in [5, 5.41) is 2.96. The molecule has 2 rings (SSSR count). The van der Waals surface area contributed by atoms with Crippen LogP contribution in [0.1, 0.15) is 12.5 Å². The highest BCUT2D eigenvalue weighted by Gasteiger charge is 2.15. The zero-order chi connectivity index (χ0) is 15.4.